The minimum Gasteiger partial charge on any atom is -0.494 e. The van der Waals surface area contributed by atoms with E-state index in [0.29, 0.717) is 27.8 Å². The Morgan fingerprint density at radius 3 is 2.58 bits per heavy atom. The molecule has 0 bridgehead atoms. The number of hydrogen-bond donors (Lipinski definition) is 0. The number of thiazole rings is 1. The Balaban J connectivity index is 2.05. The quantitative estimate of drug-likeness (QED) is 0.620. The van der Waals surface area contributed by atoms with Gasteiger partial charge >= 0.3 is 0 Å². The van der Waals surface area contributed by atoms with Gasteiger partial charge in [0.05, 0.1) is 6.61 Å². The third kappa shape index (κ3) is 3.10. The summed E-state index contributed by atoms with van der Waals surface area (Å²) in [4.78, 5) is 31.4. The van der Waals surface area contributed by atoms with Crippen molar-refractivity contribution >= 4 is 28.5 Å². The number of carbonyl (C=O) groups excluding carboxylic acids is 2. The maximum atomic E-state index is 12.3. The highest BCUT2D eigenvalue weighted by atomic mass is 32.1. The van der Waals surface area contributed by atoms with E-state index in [1.54, 1.807) is 18.5 Å². The molecule has 3 rings (SSSR count). The van der Waals surface area contributed by atoms with Gasteiger partial charge in [-0.1, -0.05) is 18.3 Å². The van der Waals surface area contributed by atoms with Crippen LogP contribution in [-0.4, -0.2) is 47.2 Å². The smallest absolute Gasteiger partial charge is 0.265 e. The topological polar surface area (TPSA) is 63.9 Å². The standard InChI is InChI=1S/C19H21N3O3S/c1-5-10-25-14-8-6-13(7-9-14)16-15(11-23)22-12(2)17(18(24)21(3)4)26-19(22)20-16/h6-9,11H,5,10H2,1-4H3. The van der Waals surface area contributed by atoms with E-state index in [9.17, 15) is 9.59 Å². The van der Waals surface area contributed by atoms with Crippen LogP contribution in [0.2, 0.25) is 0 Å². The predicted octanol–water partition coefficient (Wildman–Crippen LogP) is 3.67. The SMILES string of the molecule is CCCOc1ccc(-c2nc3sc(C(=O)N(C)C)c(C)n3c2C=O)cc1. The van der Waals surface area contributed by atoms with Crippen molar-refractivity contribution in [3.05, 3.63) is 40.5 Å². The molecule has 26 heavy (non-hydrogen) atoms. The Morgan fingerprint density at radius 1 is 1.31 bits per heavy atom. The summed E-state index contributed by atoms with van der Waals surface area (Å²) in [6.45, 7) is 4.56. The first-order valence-electron chi connectivity index (χ1n) is 8.39. The van der Waals surface area contributed by atoms with Crippen molar-refractivity contribution in [2.24, 2.45) is 0 Å². The van der Waals surface area contributed by atoms with Crippen molar-refractivity contribution in [2.75, 3.05) is 20.7 Å². The molecule has 0 aliphatic carbocycles. The van der Waals surface area contributed by atoms with E-state index in [4.69, 9.17) is 4.74 Å². The van der Waals surface area contributed by atoms with E-state index in [-0.39, 0.29) is 5.91 Å². The molecule has 0 radical (unpaired) electrons. The van der Waals surface area contributed by atoms with Crippen LogP contribution in [0.25, 0.3) is 16.2 Å². The summed E-state index contributed by atoms with van der Waals surface area (Å²) in [5, 5.41) is 0. The minimum atomic E-state index is -0.0891. The third-order valence-electron chi connectivity index (χ3n) is 4.05. The number of amides is 1. The number of imidazole rings is 1. The van der Waals surface area contributed by atoms with Gasteiger partial charge in [-0.25, -0.2) is 4.98 Å². The highest BCUT2D eigenvalue weighted by Crippen LogP contribution is 2.31. The molecule has 0 saturated heterocycles. The molecule has 0 spiro atoms. The van der Waals surface area contributed by atoms with Crippen molar-refractivity contribution in [1.82, 2.24) is 14.3 Å². The second kappa shape index (κ2) is 7.29. The number of benzene rings is 1. The average Bonchev–Trinajstić information content (AvgIpc) is 3.16. The third-order valence-corrected chi connectivity index (χ3v) is 5.18. The number of nitrogens with zero attached hydrogens (tertiary/aromatic N) is 3. The van der Waals surface area contributed by atoms with Crippen LogP contribution in [0.5, 0.6) is 5.75 Å². The van der Waals surface area contributed by atoms with Crippen molar-refractivity contribution in [1.29, 1.82) is 0 Å². The van der Waals surface area contributed by atoms with Gasteiger partial charge in [-0.05, 0) is 37.6 Å². The van der Waals surface area contributed by atoms with Crippen molar-refractivity contribution in [3.63, 3.8) is 0 Å². The average molecular weight is 371 g/mol. The Morgan fingerprint density at radius 2 is 2.00 bits per heavy atom. The summed E-state index contributed by atoms with van der Waals surface area (Å²) in [6, 6.07) is 7.54. The highest BCUT2D eigenvalue weighted by molar-refractivity contribution is 7.19. The van der Waals surface area contributed by atoms with Gasteiger partial charge in [0, 0.05) is 25.4 Å². The maximum absolute atomic E-state index is 12.3. The van der Waals surface area contributed by atoms with Crippen LogP contribution >= 0.6 is 11.3 Å². The number of fused-ring (bicyclic) bond motifs is 1. The first-order valence-corrected chi connectivity index (χ1v) is 9.21. The lowest BCUT2D eigenvalue weighted by Gasteiger charge is -2.09. The molecular formula is C19H21N3O3S. The lowest BCUT2D eigenvalue weighted by molar-refractivity contribution is 0.0831. The molecule has 136 valence electrons. The fourth-order valence-electron chi connectivity index (χ4n) is 2.72. The lowest BCUT2D eigenvalue weighted by Crippen LogP contribution is -2.21. The monoisotopic (exact) mass is 371 g/mol. The number of aryl methyl sites for hydroxylation is 1. The Bertz CT molecular complexity index is 955. The molecule has 1 amide bonds. The van der Waals surface area contributed by atoms with Gasteiger partial charge in [-0.2, -0.15) is 0 Å². The maximum Gasteiger partial charge on any atom is 0.265 e. The van der Waals surface area contributed by atoms with E-state index >= 15 is 0 Å². The number of aromatic nitrogens is 2. The van der Waals surface area contributed by atoms with Crippen LogP contribution in [0.15, 0.2) is 24.3 Å². The molecule has 0 aliphatic rings. The van der Waals surface area contributed by atoms with Gasteiger partial charge in [0.15, 0.2) is 11.2 Å². The molecule has 0 fully saturated rings. The van der Waals surface area contributed by atoms with Crippen molar-refractivity contribution in [3.8, 4) is 17.0 Å². The predicted molar refractivity (Wildman–Crippen MR) is 102 cm³/mol. The van der Waals surface area contributed by atoms with Crippen LogP contribution in [0.1, 0.15) is 39.2 Å². The zero-order valence-corrected chi connectivity index (χ0v) is 16.1. The van der Waals surface area contributed by atoms with E-state index in [2.05, 4.69) is 11.9 Å². The molecular weight excluding hydrogens is 350 g/mol. The molecule has 1 aromatic carbocycles. The summed E-state index contributed by atoms with van der Waals surface area (Å²) < 4.78 is 7.35. The number of carbonyl (C=O) groups is 2. The number of aldehydes is 1. The van der Waals surface area contributed by atoms with Crippen LogP contribution in [0, 0.1) is 6.92 Å². The largest absolute Gasteiger partial charge is 0.494 e. The van der Waals surface area contributed by atoms with Crippen molar-refractivity contribution < 1.29 is 14.3 Å². The molecule has 3 aromatic rings. The van der Waals surface area contributed by atoms with E-state index in [0.717, 1.165) is 29.7 Å². The molecule has 0 atom stereocenters. The van der Waals surface area contributed by atoms with Crippen LogP contribution in [-0.2, 0) is 0 Å². The molecule has 0 N–H and O–H groups in total. The van der Waals surface area contributed by atoms with E-state index in [1.807, 2.05) is 31.2 Å². The molecule has 2 aromatic heterocycles. The normalized spacial score (nSPS) is 10.9. The van der Waals surface area contributed by atoms with Gasteiger partial charge in [0.25, 0.3) is 5.91 Å². The molecule has 0 saturated carbocycles. The van der Waals surface area contributed by atoms with Crippen LogP contribution in [0.4, 0.5) is 0 Å². The molecule has 6 nitrogen and oxygen atoms in total. The zero-order chi connectivity index (χ0) is 18.8. The summed E-state index contributed by atoms with van der Waals surface area (Å²) in [5.41, 5.74) is 2.63. The van der Waals surface area contributed by atoms with Gasteiger partial charge in [0.1, 0.15) is 22.0 Å². The second-order valence-electron chi connectivity index (χ2n) is 6.17. The van der Waals surface area contributed by atoms with Gasteiger partial charge in [0.2, 0.25) is 0 Å². The van der Waals surface area contributed by atoms with E-state index in [1.165, 1.54) is 16.2 Å². The Hall–Kier alpha value is -2.67. The van der Waals surface area contributed by atoms with Gasteiger partial charge in [-0.3, -0.25) is 14.0 Å². The summed E-state index contributed by atoms with van der Waals surface area (Å²) in [5.74, 6) is 0.702. The summed E-state index contributed by atoms with van der Waals surface area (Å²) >= 11 is 1.30. The molecule has 7 heteroatoms. The first kappa shape index (κ1) is 18.1. The van der Waals surface area contributed by atoms with E-state index < -0.39 is 0 Å². The van der Waals surface area contributed by atoms with Gasteiger partial charge in [-0.15, -0.1) is 0 Å². The Labute approximate surface area is 156 Å². The molecule has 0 aliphatic heterocycles. The number of rotatable bonds is 6. The minimum absolute atomic E-state index is 0.0891. The number of ether oxygens (including phenoxy) is 1. The summed E-state index contributed by atoms with van der Waals surface area (Å²) in [7, 11) is 3.41. The lowest BCUT2D eigenvalue weighted by atomic mass is 10.1. The van der Waals surface area contributed by atoms with Crippen molar-refractivity contribution in [2.45, 2.75) is 20.3 Å². The molecule has 2 heterocycles. The Kier molecular flexibility index (Phi) is 5.08. The summed E-state index contributed by atoms with van der Waals surface area (Å²) in [6.07, 6.45) is 1.74. The van der Waals surface area contributed by atoms with Gasteiger partial charge < -0.3 is 9.64 Å². The zero-order valence-electron chi connectivity index (χ0n) is 15.3. The first-order chi connectivity index (χ1) is 12.5. The van der Waals surface area contributed by atoms with Crippen LogP contribution < -0.4 is 4.74 Å². The highest BCUT2D eigenvalue weighted by Gasteiger charge is 2.23. The second-order valence-corrected chi connectivity index (χ2v) is 7.15. The fourth-order valence-corrected chi connectivity index (χ4v) is 3.88. The number of hydrogen-bond acceptors (Lipinski definition) is 5. The fraction of sp³-hybridized carbons (Fsp3) is 0.316. The molecule has 0 unspecified atom stereocenters. The van der Waals surface area contributed by atoms with Crippen LogP contribution in [0.3, 0.4) is 0 Å².